The second-order valence-corrected chi connectivity index (χ2v) is 8.06. The van der Waals surface area contributed by atoms with Gasteiger partial charge in [0.25, 0.3) is 5.91 Å². The van der Waals surface area contributed by atoms with Crippen LogP contribution in [-0.2, 0) is 18.4 Å². The molecule has 0 saturated carbocycles. The van der Waals surface area contributed by atoms with Crippen LogP contribution in [0.1, 0.15) is 22.8 Å². The lowest BCUT2D eigenvalue weighted by Gasteiger charge is -2.37. The van der Waals surface area contributed by atoms with Gasteiger partial charge in [-0.2, -0.15) is 0 Å². The summed E-state index contributed by atoms with van der Waals surface area (Å²) in [6, 6.07) is 14.5. The number of phenols is 1. The van der Waals surface area contributed by atoms with Crippen molar-refractivity contribution in [2.45, 2.75) is 19.5 Å². The summed E-state index contributed by atoms with van der Waals surface area (Å²) in [7, 11) is 1.95. The molecule has 1 unspecified atom stereocenters. The number of carbonyl (C=O) groups is 2. The van der Waals surface area contributed by atoms with E-state index in [-0.39, 0.29) is 23.6 Å². The quantitative estimate of drug-likeness (QED) is 0.664. The molecular weight excluding hydrogens is 392 g/mol. The van der Waals surface area contributed by atoms with Gasteiger partial charge in [0.15, 0.2) is 0 Å². The Labute approximate surface area is 181 Å². The van der Waals surface area contributed by atoms with Crippen molar-refractivity contribution in [1.29, 1.82) is 0 Å². The van der Waals surface area contributed by atoms with Gasteiger partial charge in [0, 0.05) is 56.9 Å². The number of para-hydroxylation sites is 1. The molecule has 1 fully saturated rings. The maximum atomic E-state index is 13.1. The fourth-order valence-corrected chi connectivity index (χ4v) is 4.11. The van der Waals surface area contributed by atoms with Gasteiger partial charge in [0.1, 0.15) is 5.75 Å². The van der Waals surface area contributed by atoms with Crippen LogP contribution in [0.25, 0.3) is 10.9 Å². The van der Waals surface area contributed by atoms with Crippen LogP contribution in [0.2, 0.25) is 0 Å². The number of aryl methyl sites for hydroxylation is 1. The summed E-state index contributed by atoms with van der Waals surface area (Å²) >= 11 is 0. The first-order chi connectivity index (χ1) is 14.9. The molecule has 2 amide bonds. The highest BCUT2D eigenvalue weighted by molar-refractivity contribution is 6.07. The van der Waals surface area contributed by atoms with E-state index < -0.39 is 0 Å². The van der Waals surface area contributed by atoms with Crippen molar-refractivity contribution in [2.75, 3.05) is 26.2 Å². The first kappa shape index (κ1) is 20.9. The molecule has 31 heavy (non-hydrogen) atoms. The summed E-state index contributed by atoms with van der Waals surface area (Å²) in [5.74, 6) is 0.210. The molecule has 0 spiro atoms. The van der Waals surface area contributed by atoms with Crippen molar-refractivity contribution in [3.63, 3.8) is 0 Å². The largest absolute Gasteiger partial charge is 0.508 e. The minimum atomic E-state index is -0.271. The fourth-order valence-electron chi connectivity index (χ4n) is 4.11. The number of nitrogens with one attached hydrogen (secondary N) is 1. The van der Waals surface area contributed by atoms with Gasteiger partial charge < -0.3 is 19.9 Å². The Morgan fingerprint density at radius 3 is 2.42 bits per heavy atom. The van der Waals surface area contributed by atoms with Crippen molar-refractivity contribution in [3.8, 4) is 5.75 Å². The van der Waals surface area contributed by atoms with Crippen LogP contribution in [0.5, 0.6) is 5.75 Å². The number of nitrogens with zero attached hydrogens (tertiary/aromatic N) is 3. The summed E-state index contributed by atoms with van der Waals surface area (Å²) in [4.78, 5) is 29.7. The van der Waals surface area contributed by atoms with E-state index in [4.69, 9.17) is 0 Å². The molecule has 2 N–H and O–H groups in total. The number of hydrogen-bond donors (Lipinski definition) is 2. The van der Waals surface area contributed by atoms with Gasteiger partial charge in [-0.1, -0.05) is 30.3 Å². The Kier molecular flexibility index (Phi) is 5.95. The van der Waals surface area contributed by atoms with Crippen molar-refractivity contribution >= 4 is 22.7 Å². The van der Waals surface area contributed by atoms with E-state index >= 15 is 0 Å². The molecule has 162 valence electrons. The van der Waals surface area contributed by atoms with Crippen LogP contribution in [0.4, 0.5) is 0 Å². The molecule has 1 aromatic heterocycles. The highest BCUT2D eigenvalue weighted by atomic mass is 16.3. The first-order valence-electron chi connectivity index (χ1n) is 10.6. The lowest BCUT2D eigenvalue weighted by atomic mass is 10.1. The van der Waals surface area contributed by atoms with Crippen molar-refractivity contribution < 1.29 is 14.7 Å². The normalized spacial score (nSPS) is 15.7. The molecule has 3 aromatic rings. The number of phenolic OH excluding ortho intramolecular Hbond substituents is 1. The second-order valence-electron chi connectivity index (χ2n) is 8.06. The van der Waals surface area contributed by atoms with E-state index in [9.17, 15) is 14.7 Å². The van der Waals surface area contributed by atoms with Crippen molar-refractivity contribution in [1.82, 2.24) is 19.7 Å². The van der Waals surface area contributed by atoms with E-state index in [1.165, 1.54) is 0 Å². The molecule has 0 bridgehead atoms. The number of aromatic nitrogens is 1. The van der Waals surface area contributed by atoms with Gasteiger partial charge in [-0.15, -0.1) is 0 Å². The van der Waals surface area contributed by atoms with Crippen LogP contribution in [0.15, 0.2) is 54.7 Å². The van der Waals surface area contributed by atoms with E-state index in [1.807, 2.05) is 53.9 Å². The Morgan fingerprint density at radius 1 is 1.03 bits per heavy atom. The molecule has 1 aliphatic rings. The van der Waals surface area contributed by atoms with Crippen LogP contribution < -0.4 is 5.32 Å². The number of piperazine rings is 1. The molecule has 1 atom stereocenters. The van der Waals surface area contributed by atoms with Gasteiger partial charge >= 0.3 is 0 Å². The SMILES string of the molecule is CC(C(=O)NCc1ccc(O)cc1)N1CCN(C(=O)c2cn(C)c3ccccc23)CC1. The number of carbonyl (C=O) groups excluding carboxylic acids is 2. The third-order valence-corrected chi connectivity index (χ3v) is 6.06. The Morgan fingerprint density at radius 2 is 1.71 bits per heavy atom. The fraction of sp³-hybridized carbons (Fsp3) is 0.333. The zero-order valence-corrected chi connectivity index (χ0v) is 17.9. The van der Waals surface area contributed by atoms with Gasteiger partial charge in [-0.3, -0.25) is 14.5 Å². The molecule has 2 heterocycles. The molecule has 1 saturated heterocycles. The molecule has 7 heteroatoms. The Bertz CT molecular complexity index is 1080. The molecule has 1 aliphatic heterocycles. The summed E-state index contributed by atoms with van der Waals surface area (Å²) < 4.78 is 1.99. The molecule has 4 rings (SSSR count). The highest BCUT2D eigenvalue weighted by Crippen LogP contribution is 2.22. The summed E-state index contributed by atoms with van der Waals surface area (Å²) in [6.07, 6.45) is 1.90. The van der Waals surface area contributed by atoms with Gasteiger partial charge in [-0.05, 0) is 30.7 Å². The number of amides is 2. The average molecular weight is 421 g/mol. The zero-order valence-electron chi connectivity index (χ0n) is 17.9. The predicted molar refractivity (Wildman–Crippen MR) is 120 cm³/mol. The smallest absolute Gasteiger partial charge is 0.256 e. The summed E-state index contributed by atoms with van der Waals surface area (Å²) in [6.45, 7) is 4.82. The van der Waals surface area contributed by atoms with Crippen LogP contribution in [0.3, 0.4) is 0 Å². The summed E-state index contributed by atoms with van der Waals surface area (Å²) in [5.41, 5.74) is 2.71. The third-order valence-electron chi connectivity index (χ3n) is 6.06. The Hall–Kier alpha value is -3.32. The van der Waals surface area contributed by atoms with Crippen molar-refractivity contribution in [3.05, 3.63) is 65.9 Å². The highest BCUT2D eigenvalue weighted by Gasteiger charge is 2.28. The third kappa shape index (κ3) is 4.41. The predicted octanol–water partition coefficient (Wildman–Crippen LogP) is 2.35. The maximum Gasteiger partial charge on any atom is 0.256 e. The second kappa shape index (κ2) is 8.81. The topological polar surface area (TPSA) is 77.8 Å². The first-order valence-corrected chi connectivity index (χ1v) is 10.6. The minimum absolute atomic E-state index is 0.0399. The molecule has 0 aliphatic carbocycles. The number of rotatable bonds is 5. The Balaban J connectivity index is 1.32. The molecular formula is C24H28N4O3. The number of fused-ring (bicyclic) bond motifs is 1. The number of hydrogen-bond acceptors (Lipinski definition) is 4. The van der Waals surface area contributed by atoms with Crippen LogP contribution >= 0.6 is 0 Å². The molecule has 7 nitrogen and oxygen atoms in total. The van der Waals surface area contributed by atoms with Gasteiger partial charge in [-0.25, -0.2) is 0 Å². The monoisotopic (exact) mass is 420 g/mol. The number of benzene rings is 2. The zero-order chi connectivity index (χ0) is 22.0. The van der Waals surface area contributed by atoms with Crippen LogP contribution in [-0.4, -0.2) is 63.5 Å². The lowest BCUT2D eigenvalue weighted by Crippen LogP contribution is -2.54. The van der Waals surface area contributed by atoms with E-state index in [2.05, 4.69) is 10.2 Å². The average Bonchev–Trinajstić information content (AvgIpc) is 3.14. The lowest BCUT2D eigenvalue weighted by molar-refractivity contribution is -0.126. The molecule has 2 aromatic carbocycles. The van der Waals surface area contributed by atoms with Crippen molar-refractivity contribution in [2.24, 2.45) is 7.05 Å². The van der Waals surface area contributed by atoms with E-state index in [0.29, 0.717) is 32.7 Å². The van der Waals surface area contributed by atoms with E-state index in [0.717, 1.165) is 22.0 Å². The van der Waals surface area contributed by atoms with Gasteiger partial charge in [0.05, 0.1) is 11.6 Å². The summed E-state index contributed by atoms with van der Waals surface area (Å²) in [5, 5.41) is 13.3. The minimum Gasteiger partial charge on any atom is -0.508 e. The van der Waals surface area contributed by atoms with E-state index in [1.54, 1.807) is 24.3 Å². The molecule has 0 radical (unpaired) electrons. The standard InChI is InChI=1S/C24H28N4O3/c1-17(23(30)25-15-18-7-9-19(29)10-8-18)27-11-13-28(14-12-27)24(31)21-16-26(2)22-6-4-3-5-20(21)22/h3-10,16-17,29H,11-15H2,1-2H3,(H,25,30). The maximum absolute atomic E-state index is 13.1. The van der Waals surface area contributed by atoms with Crippen LogP contribution in [0, 0.1) is 0 Å². The number of aromatic hydroxyl groups is 1. The van der Waals surface area contributed by atoms with Gasteiger partial charge in [0.2, 0.25) is 5.91 Å².